The maximum absolute atomic E-state index is 12.7. The SMILES string of the molecule is O=C(Nc1nncs1)c1ccccc1C(F)(F)F. The standard InChI is InChI=1S/C10H6F3N3OS/c11-10(12,13)7-4-2-1-3-6(7)8(17)15-9-16-14-5-18-9/h1-5H,(H,15,16,17). The number of hydrogen-bond acceptors (Lipinski definition) is 4. The fourth-order valence-corrected chi connectivity index (χ4v) is 1.76. The van der Waals surface area contributed by atoms with Crippen LogP contribution in [0.1, 0.15) is 15.9 Å². The van der Waals surface area contributed by atoms with Crippen LogP contribution in [0.15, 0.2) is 29.8 Å². The van der Waals surface area contributed by atoms with Gasteiger partial charge < -0.3 is 0 Å². The zero-order valence-electron chi connectivity index (χ0n) is 8.73. The molecule has 0 bridgehead atoms. The first-order valence-electron chi connectivity index (χ1n) is 4.72. The second-order valence-electron chi connectivity index (χ2n) is 3.24. The number of rotatable bonds is 2. The van der Waals surface area contributed by atoms with E-state index in [1.54, 1.807) is 0 Å². The third-order valence-corrected chi connectivity index (χ3v) is 2.66. The van der Waals surface area contributed by atoms with Crippen LogP contribution in [0.4, 0.5) is 18.3 Å². The first kappa shape index (κ1) is 12.5. The molecule has 94 valence electrons. The highest BCUT2D eigenvalue weighted by Crippen LogP contribution is 2.32. The average molecular weight is 273 g/mol. The molecule has 0 aliphatic heterocycles. The Morgan fingerprint density at radius 1 is 1.28 bits per heavy atom. The lowest BCUT2D eigenvalue weighted by Crippen LogP contribution is -2.18. The quantitative estimate of drug-likeness (QED) is 0.915. The van der Waals surface area contributed by atoms with Crippen molar-refractivity contribution in [1.29, 1.82) is 0 Å². The molecule has 0 aliphatic carbocycles. The van der Waals surface area contributed by atoms with Crippen molar-refractivity contribution in [2.75, 3.05) is 5.32 Å². The number of aromatic nitrogens is 2. The monoisotopic (exact) mass is 273 g/mol. The van der Waals surface area contributed by atoms with Gasteiger partial charge in [0.1, 0.15) is 5.51 Å². The molecule has 0 spiro atoms. The number of nitrogens with one attached hydrogen (secondary N) is 1. The first-order valence-corrected chi connectivity index (χ1v) is 5.60. The molecular weight excluding hydrogens is 267 g/mol. The molecule has 4 nitrogen and oxygen atoms in total. The van der Waals surface area contributed by atoms with Crippen LogP contribution in [0.2, 0.25) is 0 Å². The molecule has 0 radical (unpaired) electrons. The van der Waals surface area contributed by atoms with Gasteiger partial charge in [0.25, 0.3) is 5.91 Å². The number of nitrogens with zero attached hydrogens (tertiary/aromatic N) is 2. The van der Waals surface area contributed by atoms with Crippen LogP contribution in [-0.2, 0) is 6.18 Å². The summed E-state index contributed by atoms with van der Waals surface area (Å²) in [7, 11) is 0. The molecule has 1 N–H and O–H groups in total. The lowest BCUT2D eigenvalue weighted by atomic mass is 10.1. The molecule has 18 heavy (non-hydrogen) atoms. The molecule has 0 saturated carbocycles. The number of halogens is 3. The van der Waals surface area contributed by atoms with Crippen LogP contribution in [0.3, 0.4) is 0 Å². The Bertz CT molecular complexity index is 554. The lowest BCUT2D eigenvalue weighted by Gasteiger charge is -2.11. The molecule has 2 aromatic rings. The summed E-state index contributed by atoms with van der Waals surface area (Å²) in [5.74, 6) is -0.861. The van der Waals surface area contributed by atoms with Gasteiger partial charge in [-0.15, -0.1) is 10.2 Å². The smallest absolute Gasteiger partial charge is 0.296 e. The highest BCUT2D eigenvalue weighted by molar-refractivity contribution is 7.13. The highest BCUT2D eigenvalue weighted by Gasteiger charge is 2.34. The summed E-state index contributed by atoms with van der Waals surface area (Å²) in [6.07, 6.45) is -4.57. The molecule has 1 aromatic carbocycles. The maximum Gasteiger partial charge on any atom is 0.417 e. The van der Waals surface area contributed by atoms with E-state index in [-0.39, 0.29) is 5.13 Å². The highest BCUT2D eigenvalue weighted by atomic mass is 32.1. The molecule has 1 aromatic heterocycles. The van der Waals surface area contributed by atoms with Gasteiger partial charge in [0, 0.05) is 0 Å². The van der Waals surface area contributed by atoms with Crippen LogP contribution in [-0.4, -0.2) is 16.1 Å². The molecule has 0 fully saturated rings. The minimum absolute atomic E-state index is 0.150. The Morgan fingerprint density at radius 2 is 2.00 bits per heavy atom. The molecule has 0 saturated heterocycles. The summed E-state index contributed by atoms with van der Waals surface area (Å²) in [4.78, 5) is 11.7. The molecule has 8 heteroatoms. The van der Waals surface area contributed by atoms with Crippen LogP contribution < -0.4 is 5.32 Å². The van der Waals surface area contributed by atoms with Crippen LogP contribution in [0, 0.1) is 0 Å². The Hall–Kier alpha value is -1.96. The van der Waals surface area contributed by atoms with Gasteiger partial charge in [0.2, 0.25) is 5.13 Å². The van der Waals surface area contributed by atoms with Crippen molar-refractivity contribution in [2.45, 2.75) is 6.18 Å². The van der Waals surface area contributed by atoms with Gasteiger partial charge in [-0.25, -0.2) is 0 Å². The summed E-state index contributed by atoms with van der Waals surface area (Å²) in [6.45, 7) is 0. The molecule has 1 amide bonds. The van der Waals surface area contributed by atoms with Crippen molar-refractivity contribution >= 4 is 22.4 Å². The fourth-order valence-electron chi connectivity index (χ4n) is 1.32. The Labute approximate surface area is 103 Å². The third-order valence-electron chi connectivity index (χ3n) is 2.06. The van der Waals surface area contributed by atoms with Crippen LogP contribution >= 0.6 is 11.3 Å². The van der Waals surface area contributed by atoms with E-state index < -0.39 is 23.2 Å². The summed E-state index contributed by atoms with van der Waals surface area (Å²) in [5.41, 5.74) is -0.0575. The molecule has 2 rings (SSSR count). The fraction of sp³-hybridized carbons (Fsp3) is 0.100. The van der Waals surface area contributed by atoms with Gasteiger partial charge in [0.05, 0.1) is 11.1 Å². The van der Waals surface area contributed by atoms with E-state index in [2.05, 4.69) is 15.5 Å². The van der Waals surface area contributed by atoms with Crippen molar-refractivity contribution < 1.29 is 18.0 Å². The van der Waals surface area contributed by atoms with Gasteiger partial charge in [-0.3, -0.25) is 10.1 Å². The number of anilines is 1. The largest absolute Gasteiger partial charge is 0.417 e. The topological polar surface area (TPSA) is 54.9 Å². The van der Waals surface area contributed by atoms with Gasteiger partial charge in [-0.05, 0) is 12.1 Å². The van der Waals surface area contributed by atoms with E-state index in [1.807, 2.05) is 0 Å². The average Bonchev–Trinajstić information content (AvgIpc) is 2.80. The predicted molar refractivity (Wildman–Crippen MR) is 59.3 cm³/mol. The van der Waals surface area contributed by atoms with E-state index >= 15 is 0 Å². The second kappa shape index (κ2) is 4.73. The minimum atomic E-state index is -4.57. The van der Waals surface area contributed by atoms with E-state index in [9.17, 15) is 18.0 Å². The van der Waals surface area contributed by atoms with Crippen molar-refractivity contribution in [1.82, 2.24) is 10.2 Å². The summed E-state index contributed by atoms with van der Waals surface area (Å²) >= 11 is 1.02. The van der Waals surface area contributed by atoms with Crippen molar-refractivity contribution in [3.63, 3.8) is 0 Å². The van der Waals surface area contributed by atoms with E-state index in [1.165, 1.54) is 17.6 Å². The van der Waals surface area contributed by atoms with Crippen LogP contribution in [0.5, 0.6) is 0 Å². The summed E-state index contributed by atoms with van der Waals surface area (Å²) in [5, 5.41) is 9.41. The maximum atomic E-state index is 12.7. The normalized spacial score (nSPS) is 11.3. The van der Waals surface area contributed by atoms with Crippen LogP contribution in [0.25, 0.3) is 0 Å². The number of hydrogen-bond donors (Lipinski definition) is 1. The third kappa shape index (κ3) is 2.65. The predicted octanol–water partition coefficient (Wildman–Crippen LogP) is 2.81. The van der Waals surface area contributed by atoms with E-state index in [4.69, 9.17) is 0 Å². The number of carbonyl (C=O) groups is 1. The van der Waals surface area contributed by atoms with E-state index in [0.717, 1.165) is 23.5 Å². The lowest BCUT2D eigenvalue weighted by molar-refractivity contribution is -0.137. The van der Waals surface area contributed by atoms with Gasteiger partial charge >= 0.3 is 6.18 Å². The van der Waals surface area contributed by atoms with Gasteiger partial charge in [0.15, 0.2) is 0 Å². The summed E-state index contributed by atoms with van der Waals surface area (Å²) < 4.78 is 38.0. The zero-order chi connectivity index (χ0) is 13.2. The molecule has 0 unspecified atom stereocenters. The Kier molecular flexibility index (Phi) is 3.28. The zero-order valence-corrected chi connectivity index (χ0v) is 9.55. The number of benzene rings is 1. The van der Waals surface area contributed by atoms with Crippen molar-refractivity contribution in [2.24, 2.45) is 0 Å². The Morgan fingerprint density at radius 3 is 2.61 bits per heavy atom. The Balaban J connectivity index is 2.31. The minimum Gasteiger partial charge on any atom is -0.296 e. The van der Waals surface area contributed by atoms with Gasteiger partial charge in [-0.2, -0.15) is 13.2 Å². The second-order valence-corrected chi connectivity index (χ2v) is 4.07. The molecule has 1 heterocycles. The van der Waals surface area contributed by atoms with Crippen molar-refractivity contribution in [3.8, 4) is 0 Å². The van der Waals surface area contributed by atoms with E-state index in [0.29, 0.717) is 0 Å². The number of alkyl halides is 3. The molecular formula is C10H6F3N3OS. The van der Waals surface area contributed by atoms with Crippen molar-refractivity contribution in [3.05, 3.63) is 40.9 Å². The summed E-state index contributed by atoms with van der Waals surface area (Å²) in [6, 6.07) is 4.56. The molecule has 0 aliphatic rings. The van der Waals surface area contributed by atoms with Gasteiger partial charge in [-0.1, -0.05) is 23.5 Å². The first-order chi connectivity index (χ1) is 8.48. The molecule has 0 atom stereocenters. The number of carbonyl (C=O) groups excluding carboxylic acids is 1. The number of amides is 1.